The molecule has 0 atom stereocenters. The molecule has 0 bridgehead atoms. The minimum atomic E-state index is 0.404. The van der Waals surface area contributed by atoms with Gasteiger partial charge in [-0.25, -0.2) is 0 Å². The van der Waals surface area contributed by atoms with Gasteiger partial charge in [0.25, 0.3) is 0 Å². The molecule has 0 aliphatic heterocycles. The highest BCUT2D eigenvalue weighted by atomic mass is 35.5. The molecule has 0 saturated carbocycles. The molecule has 1 rings (SSSR count). The van der Waals surface area contributed by atoms with Crippen LogP contribution in [-0.2, 0) is 6.54 Å². The molecule has 1 aromatic rings. The van der Waals surface area contributed by atoms with Crippen LogP contribution in [0.4, 0.5) is 0 Å². The second-order valence-corrected chi connectivity index (χ2v) is 2.02. The predicted molar refractivity (Wildman–Crippen MR) is 41.8 cm³/mol. The van der Waals surface area contributed by atoms with Gasteiger partial charge in [0, 0.05) is 6.20 Å². The van der Waals surface area contributed by atoms with E-state index in [0.29, 0.717) is 12.4 Å². The van der Waals surface area contributed by atoms with E-state index in [4.69, 9.17) is 11.6 Å². The van der Waals surface area contributed by atoms with E-state index < -0.39 is 0 Å². The smallest absolute Gasteiger partial charge is 0.0838 e. The zero-order chi connectivity index (χ0) is 7.23. The Hall–Kier alpha value is -0.870. The summed E-state index contributed by atoms with van der Waals surface area (Å²) in [4.78, 5) is 0. The zero-order valence-corrected chi connectivity index (χ0v) is 6.23. The zero-order valence-electron chi connectivity index (χ0n) is 5.47. The molecule has 2 heteroatoms. The lowest BCUT2D eigenvalue weighted by Crippen LogP contribution is -1.89. The van der Waals surface area contributed by atoms with Crippen molar-refractivity contribution in [1.29, 1.82) is 0 Å². The van der Waals surface area contributed by atoms with E-state index in [1.54, 1.807) is 0 Å². The molecule has 0 N–H and O–H groups in total. The Morgan fingerprint density at radius 2 is 2.40 bits per heavy atom. The van der Waals surface area contributed by atoms with Crippen LogP contribution >= 0.6 is 11.6 Å². The first-order valence-corrected chi connectivity index (χ1v) is 3.51. The second-order valence-electron chi connectivity index (χ2n) is 1.75. The summed E-state index contributed by atoms with van der Waals surface area (Å²) in [6, 6.07) is 3.77. The predicted octanol–water partition coefficient (Wildman–Crippen LogP) is 1.53. The van der Waals surface area contributed by atoms with Gasteiger partial charge >= 0.3 is 0 Å². The minimum absolute atomic E-state index is 0.404. The van der Waals surface area contributed by atoms with E-state index in [-0.39, 0.29) is 0 Å². The third-order valence-corrected chi connectivity index (χ3v) is 1.18. The summed E-state index contributed by atoms with van der Waals surface area (Å²) in [5.74, 6) is 6.05. The van der Waals surface area contributed by atoms with Crippen molar-refractivity contribution in [3.8, 4) is 11.8 Å². The third-order valence-electron chi connectivity index (χ3n) is 1.04. The lowest BCUT2D eigenvalue weighted by atomic mass is 10.6. The SMILES string of the molecule is ClCC#CCn1[c]ccc1. The molecule has 10 heavy (non-hydrogen) atoms. The molecule has 0 aliphatic carbocycles. The Morgan fingerprint density at radius 1 is 1.50 bits per heavy atom. The highest BCUT2D eigenvalue weighted by Gasteiger charge is 1.80. The van der Waals surface area contributed by atoms with Crippen molar-refractivity contribution in [2.24, 2.45) is 0 Å². The number of nitrogens with zero attached hydrogens (tertiary/aromatic N) is 1. The number of hydrogen-bond acceptors (Lipinski definition) is 0. The molecule has 0 fully saturated rings. The topological polar surface area (TPSA) is 4.93 Å². The Labute approximate surface area is 65.6 Å². The molecule has 0 unspecified atom stereocenters. The fourth-order valence-electron chi connectivity index (χ4n) is 0.615. The van der Waals surface area contributed by atoms with Crippen LogP contribution in [0.25, 0.3) is 0 Å². The maximum atomic E-state index is 5.35. The van der Waals surface area contributed by atoms with Crippen molar-refractivity contribution in [2.45, 2.75) is 6.54 Å². The summed E-state index contributed by atoms with van der Waals surface area (Å²) in [5.41, 5.74) is 0. The van der Waals surface area contributed by atoms with E-state index in [1.807, 2.05) is 22.9 Å². The molecule has 0 saturated heterocycles. The molecule has 0 amide bonds. The average molecular weight is 153 g/mol. The van der Waals surface area contributed by atoms with E-state index in [1.165, 1.54) is 0 Å². The molecule has 0 spiro atoms. The van der Waals surface area contributed by atoms with Crippen LogP contribution in [0.2, 0.25) is 0 Å². The van der Waals surface area contributed by atoms with Crippen molar-refractivity contribution in [3.05, 3.63) is 24.5 Å². The third kappa shape index (κ3) is 2.16. The molecule has 1 aromatic heterocycles. The summed E-state index contributed by atoms with van der Waals surface area (Å²) in [5, 5.41) is 0. The Bertz CT molecular complexity index is 228. The van der Waals surface area contributed by atoms with Gasteiger partial charge in [0.15, 0.2) is 0 Å². The maximum absolute atomic E-state index is 5.35. The Kier molecular flexibility index (Phi) is 2.92. The van der Waals surface area contributed by atoms with Crippen LogP contribution in [0.15, 0.2) is 18.3 Å². The molecule has 1 heterocycles. The summed E-state index contributed by atoms with van der Waals surface area (Å²) >= 11 is 5.35. The molecule has 1 nitrogen and oxygen atoms in total. The van der Waals surface area contributed by atoms with Gasteiger partial charge in [0.1, 0.15) is 0 Å². The largest absolute Gasteiger partial charge is 0.335 e. The van der Waals surface area contributed by atoms with Crippen LogP contribution in [0.1, 0.15) is 0 Å². The van der Waals surface area contributed by atoms with Crippen molar-refractivity contribution in [3.63, 3.8) is 0 Å². The van der Waals surface area contributed by atoms with Crippen molar-refractivity contribution in [1.82, 2.24) is 4.57 Å². The fraction of sp³-hybridized carbons (Fsp3) is 0.250. The van der Waals surface area contributed by atoms with Gasteiger partial charge in [-0.2, -0.15) is 0 Å². The Balaban J connectivity index is 2.41. The highest BCUT2D eigenvalue weighted by Crippen LogP contribution is 1.86. The standard InChI is InChI=1S/C8H7ClN/c9-5-1-2-6-10-7-3-4-8-10/h3-4,7H,5-6H2. The normalized spacial score (nSPS) is 8.50. The van der Waals surface area contributed by atoms with Crippen LogP contribution in [0, 0.1) is 18.0 Å². The van der Waals surface area contributed by atoms with E-state index >= 15 is 0 Å². The van der Waals surface area contributed by atoms with Crippen LogP contribution in [0.3, 0.4) is 0 Å². The molecule has 1 radical (unpaired) electrons. The lowest BCUT2D eigenvalue weighted by Gasteiger charge is -1.89. The molecular weight excluding hydrogens is 146 g/mol. The first kappa shape index (κ1) is 7.24. The van der Waals surface area contributed by atoms with E-state index in [0.717, 1.165) is 0 Å². The van der Waals surface area contributed by atoms with E-state index in [2.05, 4.69) is 18.0 Å². The van der Waals surface area contributed by atoms with Gasteiger partial charge in [-0.05, 0) is 12.1 Å². The van der Waals surface area contributed by atoms with E-state index in [9.17, 15) is 0 Å². The lowest BCUT2D eigenvalue weighted by molar-refractivity contribution is 0.843. The second kappa shape index (κ2) is 4.03. The van der Waals surface area contributed by atoms with Gasteiger partial charge in [-0.3, -0.25) is 0 Å². The van der Waals surface area contributed by atoms with Gasteiger partial charge < -0.3 is 4.57 Å². The first-order valence-electron chi connectivity index (χ1n) is 2.98. The minimum Gasteiger partial charge on any atom is -0.335 e. The molecule has 51 valence electrons. The summed E-state index contributed by atoms with van der Waals surface area (Å²) in [6.45, 7) is 0.680. The fourth-order valence-corrected chi connectivity index (χ4v) is 0.710. The van der Waals surface area contributed by atoms with Gasteiger partial charge in [-0.1, -0.05) is 11.8 Å². The van der Waals surface area contributed by atoms with Gasteiger partial charge in [-0.15, -0.1) is 11.6 Å². The summed E-state index contributed by atoms with van der Waals surface area (Å²) < 4.78 is 1.87. The van der Waals surface area contributed by atoms with Crippen LogP contribution in [-0.4, -0.2) is 10.4 Å². The van der Waals surface area contributed by atoms with Crippen molar-refractivity contribution >= 4 is 11.6 Å². The van der Waals surface area contributed by atoms with Crippen LogP contribution < -0.4 is 0 Å². The van der Waals surface area contributed by atoms with Crippen molar-refractivity contribution in [2.75, 3.05) is 5.88 Å². The van der Waals surface area contributed by atoms with Gasteiger partial charge in [0.2, 0.25) is 0 Å². The molecular formula is C8H7ClN. The maximum Gasteiger partial charge on any atom is 0.0838 e. The quantitative estimate of drug-likeness (QED) is 0.425. The monoisotopic (exact) mass is 152 g/mol. The van der Waals surface area contributed by atoms with Crippen LogP contribution in [0.5, 0.6) is 0 Å². The Morgan fingerprint density at radius 3 is 3.00 bits per heavy atom. The number of hydrogen-bond donors (Lipinski definition) is 0. The highest BCUT2D eigenvalue weighted by molar-refractivity contribution is 6.19. The number of alkyl halides is 1. The number of aromatic nitrogens is 1. The first-order chi connectivity index (χ1) is 4.93. The average Bonchev–Trinajstić information content (AvgIpc) is 2.41. The summed E-state index contributed by atoms with van der Waals surface area (Å²) in [7, 11) is 0. The number of halogens is 1. The van der Waals surface area contributed by atoms with Crippen molar-refractivity contribution < 1.29 is 0 Å². The van der Waals surface area contributed by atoms with Gasteiger partial charge in [0.05, 0.1) is 18.6 Å². The molecule has 0 aliphatic rings. The number of rotatable bonds is 1. The molecule has 0 aromatic carbocycles. The summed E-state index contributed by atoms with van der Waals surface area (Å²) in [6.07, 6.45) is 4.89.